The average Bonchev–Trinajstić information content (AvgIpc) is 2.28. The lowest BCUT2D eigenvalue weighted by molar-refractivity contribution is 0.241. The highest BCUT2D eigenvalue weighted by molar-refractivity contribution is 5.27. The van der Waals surface area contributed by atoms with E-state index in [9.17, 15) is 0 Å². The van der Waals surface area contributed by atoms with E-state index in [2.05, 4.69) is 11.1 Å². The van der Waals surface area contributed by atoms with Crippen molar-refractivity contribution in [2.24, 2.45) is 5.73 Å². The second-order valence-corrected chi connectivity index (χ2v) is 5.24. The summed E-state index contributed by atoms with van der Waals surface area (Å²) in [4.78, 5) is 4.27. The Morgan fingerprint density at radius 2 is 2.18 bits per heavy atom. The van der Waals surface area contributed by atoms with Gasteiger partial charge in [-0.15, -0.1) is 0 Å². The van der Waals surface area contributed by atoms with Gasteiger partial charge in [-0.25, -0.2) is 0 Å². The molecule has 0 aromatic carbocycles. The quantitative estimate of drug-likeness (QED) is 0.874. The minimum Gasteiger partial charge on any atom is -0.489 e. The van der Waals surface area contributed by atoms with Crippen molar-refractivity contribution in [1.82, 2.24) is 4.98 Å². The third-order valence-electron chi connectivity index (χ3n) is 3.29. The van der Waals surface area contributed by atoms with Gasteiger partial charge in [0, 0.05) is 12.2 Å². The van der Waals surface area contributed by atoms with Gasteiger partial charge < -0.3 is 10.5 Å². The SMILES string of the molecule is CC(C)Oc1cncc(C2CCCC(N)C2)c1. The molecule has 1 aliphatic carbocycles. The molecule has 0 spiro atoms. The van der Waals surface area contributed by atoms with Crippen molar-refractivity contribution < 1.29 is 4.74 Å². The van der Waals surface area contributed by atoms with Gasteiger partial charge in [0.1, 0.15) is 5.75 Å². The molecule has 1 aliphatic rings. The van der Waals surface area contributed by atoms with E-state index < -0.39 is 0 Å². The van der Waals surface area contributed by atoms with Crippen LogP contribution < -0.4 is 10.5 Å². The fourth-order valence-electron chi connectivity index (χ4n) is 2.53. The summed E-state index contributed by atoms with van der Waals surface area (Å²) in [6.45, 7) is 4.06. The third kappa shape index (κ3) is 3.43. The van der Waals surface area contributed by atoms with Crippen LogP contribution in [0.25, 0.3) is 0 Å². The van der Waals surface area contributed by atoms with Crippen LogP contribution in [-0.4, -0.2) is 17.1 Å². The molecule has 0 saturated heterocycles. The lowest BCUT2D eigenvalue weighted by Gasteiger charge is -2.26. The van der Waals surface area contributed by atoms with Crippen LogP contribution in [0.1, 0.15) is 51.0 Å². The van der Waals surface area contributed by atoms with E-state index in [-0.39, 0.29) is 6.10 Å². The first kappa shape index (κ1) is 12.4. The van der Waals surface area contributed by atoms with Crippen LogP contribution in [0.2, 0.25) is 0 Å². The molecule has 1 aromatic heterocycles. The zero-order valence-corrected chi connectivity index (χ0v) is 10.7. The van der Waals surface area contributed by atoms with E-state index in [4.69, 9.17) is 10.5 Å². The fourth-order valence-corrected chi connectivity index (χ4v) is 2.53. The van der Waals surface area contributed by atoms with Gasteiger partial charge >= 0.3 is 0 Å². The molecule has 2 atom stereocenters. The van der Waals surface area contributed by atoms with Crippen LogP contribution in [0, 0.1) is 0 Å². The Kier molecular flexibility index (Phi) is 4.00. The number of pyridine rings is 1. The van der Waals surface area contributed by atoms with Crippen molar-refractivity contribution in [2.75, 3.05) is 0 Å². The first-order valence-electron chi connectivity index (χ1n) is 6.52. The molecule has 0 aliphatic heterocycles. The summed E-state index contributed by atoms with van der Waals surface area (Å²) >= 11 is 0. The molecule has 94 valence electrons. The average molecular weight is 234 g/mol. The Bertz CT molecular complexity index is 365. The Balaban J connectivity index is 2.09. The minimum absolute atomic E-state index is 0.195. The smallest absolute Gasteiger partial charge is 0.138 e. The Hall–Kier alpha value is -1.09. The molecular weight excluding hydrogens is 212 g/mol. The predicted octanol–water partition coefficient (Wildman–Crippen LogP) is 2.85. The number of aromatic nitrogens is 1. The summed E-state index contributed by atoms with van der Waals surface area (Å²) in [5.74, 6) is 1.43. The van der Waals surface area contributed by atoms with Crippen LogP contribution in [0.15, 0.2) is 18.5 Å². The van der Waals surface area contributed by atoms with Gasteiger partial charge in [-0.1, -0.05) is 6.42 Å². The molecule has 1 aromatic rings. The largest absolute Gasteiger partial charge is 0.489 e. The zero-order valence-electron chi connectivity index (χ0n) is 10.7. The molecule has 3 heteroatoms. The van der Waals surface area contributed by atoms with Crippen molar-refractivity contribution in [3.63, 3.8) is 0 Å². The summed E-state index contributed by atoms with van der Waals surface area (Å²) in [7, 11) is 0. The lowest BCUT2D eigenvalue weighted by atomic mass is 9.82. The van der Waals surface area contributed by atoms with E-state index in [1.165, 1.54) is 18.4 Å². The van der Waals surface area contributed by atoms with Gasteiger partial charge in [0.05, 0.1) is 12.3 Å². The van der Waals surface area contributed by atoms with Gasteiger partial charge in [-0.05, 0) is 50.7 Å². The van der Waals surface area contributed by atoms with Gasteiger partial charge in [0.15, 0.2) is 0 Å². The molecule has 3 nitrogen and oxygen atoms in total. The number of ether oxygens (including phenoxy) is 1. The van der Waals surface area contributed by atoms with Gasteiger partial charge in [-0.2, -0.15) is 0 Å². The Morgan fingerprint density at radius 1 is 1.35 bits per heavy atom. The maximum absolute atomic E-state index is 6.03. The van der Waals surface area contributed by atoms with Crippen LogP contribution in [0.3, 0.4) is 0 Å². The normalized spacial score (nSPS) is 24.9. The fraction of sp³-hybridized carbons (Fsp3) is 0.643. The minimum atomic E-state index is 0.195. The van der Waals surface area contributed by atoms with Crippen LogP contribution in [0.4, 0.5) is 0 Å². The number of hydrogen-bond acceptors (Lipinski definition) is 3. The number of rotatable bonds is 3. The zero-order chi connectivity index (χ0) is 12.3. The molecule has 0 amide bonds. The highest BCUT2D eigenvalue weighted by atomic mass is 16.5. The van der Waals surface area contributed by atoms with Crippen molar-refractivity contribution in [3.05, 3.63) is 24.0 Å². The Morgan fingerprint density at radius 3 is 2.88 bits per heavy atom. The summed E-state index contributed by atoms with van der Waals surface area (Å²) in [6, 6.07) is 2.47. The van der Waals surface area contributed by atoms with E-state index in [0.29, 0.717) is 12.0 Å². The van der Waals surface area contributed by atoms with E-state index >= 15 is 0 Å². The van der Waals surface area contributed by atoms with Crippen molar-refractivity contribution in [1.29, 1.82) is 0 Å². The summed E-state index contributed by atoms with van der Waals surface area (Å²) in [6.07, 6.45) is 8.61. The second kappa shape index (κ2) is 5.50. The number of nitrogens with two attached hydrogens (primary N) is 1. The van der Waals surface area contributed by atoms with Crippen LogP contribution >= 0.6 is 0 Å². The summed E-state index contributed by atoms with van der Waals surface area (Å²) in [5.41, 5.74) is 7.31. The molecular formula is C14H22N2O. The molecule has 2 rings (SSSR count). The first-order chi connectivity index (χ1) is 8.15. The predicted molar refractivity (Wildman–Crippen MR) is 69.2 cm³/mol. The monoisotopic (exact) mass is 234 g/mol. The van der Waals surface area contributed by atoms with Gasteiger partial charge in [0.25, 0.3) is 0 Å². The van der Waals surface area contributed by atoms with E-state index in [1.54, 1.807) is 6.20 Å². The molecule has 1 fully saturated rings. The van der Waals surface area contributed by atoms with Gasteiger partial charge in [-0.3, -0.25) is 4.98 Å². The van der Waals surface area contributed by atoms with Crippen molar-refractivity contribution in [2.45, 2.75) is 57.6 Å². The molecule has 1 heterocycles. The lowest BCUT2D eigenvalue weighted by Crippen LogP contribution is -2.26. The molecule has 2 unspecified atom stereocenters. The molecule has 0 radical (unpaired) electrons. The van der Waals surface area contributed by atoms with Crippen LogP contribution in [-0.2, 0) is 0 Å². The third-order valence-corrected chi connectivity index (χ3v) is 3.29. The second-order valence-electron chi connectivity index (χ2n) is 5.24. The molecule has 1 saturated carbocycles. The number of hydrogen-bond donors (Lipinski definition) is 1. The van der Waals surface area contributed by atoms with Crippen LogP contribution in [0.5, 0.6) is 5.75 Å². The first-order valence-corrected chi connectivity index (χ1v) is 6.52. The van der Waals surface area contributed by atoms with E-state index in [1.807, 2.05) is 20.0 Å². The summed E-state index contributed by atoms with van der Waals surface area (Å²) in [5, 5.41) is 0. The highest BCUT2D eigenvalue weighted by Crippen LogP contribution is 2.33. The maximum Gasteiger partial charge on any atom is 0.138 e. The van der Waals surface area contributed by atoms with Crippen molar-refractivity contribution >= 4 is 0 Å². The standard InChI is InChI=1S/C14H22N2O/c1-10(2)17-14-7-12(8-16-9-14)11-4-3-5-13(15)6-11/h7-11,13H,3-6,15H2,1-2H3. The van der Waals surface area contributed by atoms with Crippen molar-refractivity contribution in [3.8, 4) is 5.75 Å². The summed E-state index contributed by atoms with van der Waals surface area (Å²) < 4.78 is 5.68. The van der Waals surface area contributed by atoms with E-state index in [0.717, 1.165) is 18.6 Å². The number of nitrogens with zero attached hydrogens (tertiary/aromatic N) is 1. The Labute approximate surface area is 103 Å². The topological polar surface area (TPSA) is 48.1 Å². The molecule has 17 heavy (non-hydrogen) atoms. The molecule has 2 N–H and O–H groups in total. The van der Waals surface area contributed by atoms with Gasteiger partial charge in [0.2, 0.25) is 0 Å². The maximum atomic E-state index is 6.03. The molecule has 0 bridgehead atoms. The highest BCUT2D eigenvalue weighted by Gasteiger charge is 2.21.